The Bertz CT molecular complexity index is 814. The van der Waals surface area contributed by atoms with Gasteiger partial charge in [-0.25, -0.2) is 8.42 Å². The lowest BCUT2D eigenvalue weighted by Crippen LogP contribution is -2.32. The van der Waals surface area contributed by atoms with Crippen molar-refractivity contribution in [1.29, 1.82) is 0 Å². The fourth-order valence-corrected chi connectivity index (χ4v) is 3.13. The molecule has 0 heterocycles. The van der Waals surface area contributed by atoms with Gasteiger partial charge in [0.1, 0.15) is 0 Å². The number of rotatable bonds is 6. The highest BCUT2D eigenvalue weighted by Crippen LogP contribution is 2.22. The molecule has 0 saturated heterocycles. The number of hydrogen-bond acceptors (Lipinski definition) is 3. The van der Waals surface area contributed by atoms with Gasteiger partial charge in [-0.1, -0.05) is 37.6 Å². The standard InChI is InChI=1S/C19H23NO3S/c1-4-5-13-20(16-9-7-6-8-10-16)19(21)18-14-17(24(3,22)23)12-11-15(18)2/h6-12,14H,4-5,13H2,1-3H3. The summed E-state index contributed by atoms with van der Waals surface area (Å²) in [7, 11) is -3.35. The van der Waals surface area contributed by atoms with Crippen molar-refractivity contribution >= 4 is 21.4 Å². The highest BCUT2D eigenvalue weighted by Gasteiger charge is 2.21. The predicted octanol–water partition coefficient (Wildman–Crippen LogP) is 3.85. The Morgan fingerprint density at radius 3 is 2.33 bits per heavy atom. The second kappa shape index (κ2) is 7.62. The van der Waals surface area contributed by atoms with Crippen LogP contribution in [-0.4, -0.2) is 27.1 Å². The van der Waals surface area contributed by atoms with E-state index in [-0.39, 0.29) is 10.8 Å². The molecule has 24 heavy (non-hydrogen) atoms. The van der Waals surface area contributed by atoms with Gasteiger partial charge < -0.3 is 4.90 Å². The molecule has 2 rings (SSSR count). The van der Waals surface area contributed by atoms with E-state index in [9.17, 15) is 13.2 Å². The summed E-state index contributed by atoms with van der Waals surface area (Å²) in [6.07, 6.45) is 3.00. The number of benzene rings is 2. The van der Waals surface area contributed by atoms with Gasteiger partial charge in [0.15, 0.2) is 9.84 Å². The van der Waals surface area contributed by atoms with E-state index < -0.39 is 9.84 Å². The van der Waals surface area contributed by atoms with Crippen molar-refractivity contribution in [2.75, 3.05) is 17.7 Å². The van der Waals surface area contributed by atoms with Crippen LogP contribution in [0.25, 0.3) is 0 Å². The van der Waals surface area contributed by atoms with Crippen LogP contribution in [0.1, 0.15) is 35.7 Å². The summed E-state index contributed by atoms with van der Waals surface area (Å²) < 4.78 is 23.6. The molecule has 0 radical (unpaired) electrons. The molecule has 2 aromatic carbocycles. The molecule has 0 aliphatic rings. The highest BCUT2D eigenvalue weighted by atomic mass is 32.2. The molecular formula is C19H23NO3S. The van der Waals surface area contributed by atoms with Gasteiger partial charge in [0.2, 0.25) is 0 Å². The maximum absolute atomic E-state index is 13.1. The zero-order chi connectivity index (χ0) is 17.7. The number of hydrogen-bond donors (Lipinski definition) is 0. The number of nitrogens with zero attached hydrogens (tertiary/aromatic N) is 1. The van der Waals surface area contributed by atoms with E-state index in [0.717, 1.165) is 30.3 Å². The Balaban J connectivity index is 2.46. The maximum Gasteiger partial charge on any atom is 0.258 e. The number of amides is 1. The van der Waals surface area contributed by atoms with E-state index in [1.54, 1.807) is 17.0 Å². The van der Waals surface area contributed by atoms with Crippen LogP contribution in [0.4, 0.5) is 5.69 Å². The molecule has 0 N–H and O–H groups in total. The lowest BCUT2D eigenvalue weighted by atomic mass is 10.1. The van der Waals surface area contributed by atoms with Gasteiger partial charge in [0.05, 0.1) is 4.90 Å². The summed E-state index contributed by atoms with van der Waals surface area (Å²) in [5.74, 6) is -0.169. The molecule has 0 fully saturated rings. The van der Waals surface area contributed by atoms with Gasteiger partial charge in [0.25, 0.3) is 5.91 Å². The minimum atomic E-state index is -3.35. The SMILES string of the molecule is CCCCN(C(=O)c1cc(S(C)(=O)=O)ccc1C)c1ccccc1. The smallest absolute Gasteiger partial charge is 0.258 e. The molecule has 0 atom stereocenters. The van der Waals surface area contributed by atoms with Gasteiger partial charge in [-0.15, -0.1) is 0 Å². The molecule has 0 aromatic heterocycles. The second-order valence-electron chi connectivity index (χ2n) is 5.89. The van der Waals surface area contributed by atoms with Gasteiger partial charge >= 0.3 is 0 Å². The van der Waals surface area contributed by atoms with E-state index >= 15 is 0 Å². The Hall–Kier alpha value is -2.14. The predicted molar refractivity (Wildman–Crippen MR) is 97.3 cm³/mol. The monoisotopic (exact) mass is 345 g/mol. The van der Waals surface area contributed by atoms with E-state index in [2.05, 4.69) is 6.92 Å². The van der Waals surface area contributed by atoms with Crippen molar-refractivity contribution in [2.45, 2.75) is 31.6 Å². The van der Waals surface area contributed by atoms with Crippen LogP contribution in [0.2, 0.25) is 0 Å². The first-order valence-corrected chi connectivity index (χ1v) is 9.91. The normalized spacial score (nSPS) is 11.3. The van der Waals surface area contributed by atoms with E-state index in [1.807, 2.05) is 37.3 Å². The third kappa shape index (κ3) is 4.23. The minimum Gasteiger partial charge on any atom is -0.308 e. The first-order chi connectivity index (χ1) is 11.3. The third-order valence-corrected chi connectivity index (χ3v) is 5.03. The van der Waals surface area contributed by atoms with Crippen LogP contribution in [-0.2, 0) is 9.84 Å². The Kier molecular flexibility index (Phi) is 5.78. The van der Waals surface area contributed by atoms with Crippen LogP contribution >= 0.6 is 0 Å². The molecule has 2 aromatic rings. The first-order valence-electron chi connectivity index (χ1n) is 8.02. The molecule has 0 aliphatic carbocycles. The van der Waals surface area contributed by atoms with E-state index in [1.165, 1.54) is 6.07 Å². The van der Waals surface area contributed by atoms with Gasteiger partial charge in [-0.3, -0.25) is 4.79 Å². The van der Waals surface area contributed by atoms with Crippen LogP contribution in [0.15, 0.2) is 53.4 Å². The Morgan fingerprint density at radius 1 is 1.08 bits per heavy atom. The zero-order valence-corrected chi connectivity index (χ0v) is 15.1. The summed E-state index contributed by atoms with van der Waals surface area (Å²) in [6.45, 7) is 4.49. The molecule has 0 unspecified atom stereocenters. The largest absolute Gasteiger partial charge is 0.308 e. The molecular weight excluding hydrogens is 322 g/mol. The summed E-state index contributed by atoms with van der Waals surface area (Å²) in [5, 5.41) is 0. The van der Waals surface area contributed by atoms with Crippen molar-refractivity contribution in [1.82, 2.24) is 0 Å². The van der Waals surface area contributed by atoms with Crippen LogP contribution in [0.5, 0.6) is 0 Å². The van der Waals surface area contributed by atoms with Crippen molar-refractivity contribution in [3.8, 4) is 0 Å². The number of unbranched alkanes of at least 4 members (excludes halogenated alkanes) is 1. The van der Waals surface area contributed by atoms with Crippen LogP contribution in [0, 0.1) is 6.92 Å². The van der Waals surface area contributed by atoms with Crippen LogP contribution in [0.3, 0.4) is 0 Å². The lowest BCUT2D eigenvalue weighted by Gasteiger charge is -2.24. The molecule has 128 valence electrons. The topological polar surface area (TPSA) is 54.5 Å². The maximum atomic E-state index is 13.1. The molecule has 0 bridgehead atoms. The average Bonchev–Trinajstić information content (AvgIpc) is 2.55. The lowest BCUT2D eigenvalue weighted by molar-refractivity contribution is 0.0986. The van der Waals surface area contributed by atoms with E-state index in [0.29, 0.717) is 12.1 Å². The molecule has 0 spiro atoms. The number of aryl methyl sites for hydroxylation is 1. The van der Waals surface area contributed by atoms with Crippen molar-refractivity contribution in [3.05, 3.63) is 59.7 Å². The fourth-order valence-electron chi connectivity index (χ4n) is 2.48. The Morgan fingerprint density at radius 2 is 1.75 bits per heavy atom. The summed E-state index contributed by atoms with van der Waals surface area (Å²) in [4.78, 5) is 15.0. The van der Waals surface area contributed by atoms with Crippen molar-refractivity contribution in [2.24, 2.45) is 0 Å². The van der Waals surface area contributed by atoms with Gasteiger partial charge in [-0.2, -0.15) is 0 Å². The van der Waals surface area contributed by atoms with Gasteiger partial charge in [0, 0.05) is 24.1 Å². The van der Waals surface area contributed by atoms with Crippen molar-refractivity contribution < 1.29 is 13.2 Å². The van der Waals surface area contributed by atoms with Crippen LogP contribution < -0.4 is 4.90 Å². The second-order valence-corrected chi connectivity index (χ2v) is 7.91. The van der Waals surface area contributed by atoms with Crippen molar-refractivity contribution in [3.63, 3.8) is 0 Å². The number of sulfone groups is 1. The summed E-state index contributed by atoms with van der Waals surface area (Å²) >= 11 is 0. The zero-order valence-electron chi connectivity index (χ0n) is 14.3. The fraction of sp³-hybridized carbons (Fsp3) is 0.316. The molecule has 1 amide bonds. The quantitative estimate of drug-likeness (QED) is 0.799. The molecule has 0 aliphatic heterocycles. The van der Waals surface area contributed by atoms with E-state index in [4.69, 9.17) is 0 Å². The molecule has 5 heteroatoms. The first kappa shape index (κ1) is 18.2. The molecule has 0 saturated carbocycles. The Labute approximate surface area is 144 Å². The highest BCUT2D eigenvalue weighted by molar-refractivity contribution is 7.90. The summed E-state index contributed by atoms with van der Waals surface area (Å²) in [6, 6.07) is 14.2. The number of carbonyl (C=O) groups excluding carboxylic acids is 1. The molecule has 4 nitrogen and oxygen atoms in total. The number of para-hydroxylation sites is 1. The minimum absolute atomic E-state index is 0.167. The number of carbonyl (C=O) groups is 1. The van der Waals surface area contributed by atoms with Gasteiger partial charge in [-0.05, 0) is 43.2 Å². The average molecular weight is 345 g/mol. The third-order valence-electron chi connectivity index (χ3n) is 3.92. The summed E-state index contributed by atoms with van der Waals surface area (Å²) in [5.41, 5.74) is 2.02. The number of anilines is 1.